The van der Waals surface area contributed by atoms with E-state index in [2.05, 4.69) is 40.8 Å². The van der Waals surface area contributed by atoms with Crippen LogP contribution in [0.15, 0.2) is 0 Å². The lowest BCUT2D eigenvalue weighted by Crippen LogP contribution is -2.43. The highest BCUT2D eigenvalue weighted by atomic mass is 28.4. The Morgan fingerprint density at radius 1 is 1.05 bits per heavy atom. The summed E-state index contributed by atoms with van der Waals surface area (Å²) >= 11 is 0. The molecular weight excluding hydrogens is 256 g/mol. The summed E-state index contributed by atoms with van der Waals surface area (Å²) in [5.41, 5.74) is 0. The van der Waals surface area contributed by atoms with E-state index in [4.69, 9.17) is 4.43 Å². The van der Waals surface area contributed by atoms with Crippen molar-refractivity contribution in [2.75, 3.05) is 0 Å². The molecule has 0 bridgehead atoms. The van der Waals surface area contributed by atoms with Crippen molar-refractivity contribution in [3.05, 3.63) is 0 Å². The van der Waals surface area contributed by atoms with Crippen LogP contribution in [-0.4, -0.2) is 36.8 Å². The van der Waals surface area contributed by atoms with Crippen LogP contribution in [0.2, 0.25) is 18.1 Å². The van der Waals surface area contributed by atoms with E-state index >= 15 is 0 Å². The van der Waals surface area contributed by atoms with Crippen molar-refractivity contribution >= 4 is 8.32 Å². The molecule has 2 N–H and O–H groups in total. The molecule has 0 amide bonds. The molecule has 3 atom stereocenters. The molecular formula is C15H34O3Si. The minimum absolute atomic E-state index is 0.229. The van der Waals surface area contributed by atoms with E-state index in [1.165, 1.54) is 0 Å². The highest BCUT2D eigenvalue weighted by Crippen LogP contribution is 2.37. The monoisotopic (exact) mass is 290 g/mol. The minimum atomic E-state index is -1.69. The molecule has 0 saturated carbocycles. The minimum Gasteiger partial charge on any atom is -0.414 e. The molecule has 0 aliphatic carbocycles. The van der Waals surface area contributed by atoms with Crippen LogP contribution in [0, 0.1) is 0 Å². The summed E-state index contributed by atoms with van der Waals surface area (Å²) in [6.07, 6.45) is 2.15. The van der Waals surface area contributed by atoms with Gasteiger partial charge in [-0.05, 0) is 50.7 Å². The molecule has 4 heteroatoms. The number of aliphatic hydroxyl groups excluding tert-OH is 2. The third-order valence-corrected chi connectivity index (χ3v) is 8.88. The fourth-order valence-corrected chi connectivity index (χ4v) is 3.29. The van der Waals surface area contributed by atoms with Crippen LogP contribution in [0.25, 0.3) is 0 Å². The van der Waals surface area contributed by atoms with Crippen molar-refractivity contribution in [2.24, 2.45) is 0 Å². The quantitative estimate of drug-likeness (QED) is 0.670. The van der Waals surface area contributed by atoms with E-state index in [-0.39, 0.29) is 11.1 Å². The maximum Gasteiger partial charge on any atom is 0.192 e. The first-order valence-corrected chi connectivity index (χ1v) is 10.5. The SMILES string of the molecule is CC[C@@H](O)[C@H](O)CCC[C@@H](C)O[Si](C)(C)C(C)(C)C. The van der Waals surface area contributed by atoms with Crippen LogP contribution >= 0.6 is 0 Å². The molecule has 0 unspecified atom stereocenters. The predicted molar refractivity (Wildman–Crippen MR) is 83.9 cm³/mol. The van der Waals surface area contributed by atoms with Crippen molar-refractivity contribution in [1.29, 1.82) is 0 Å². The number of aliphatic hydroxyl groups is 2. The first-order valence-electron chi connectivity index (χ1n) is 7.55. The third kappa shape index (κ3) is 6.89. The Balaban J connectivity index is 4.04. The molecule has 0 spiro atoms. The van der Waals surface area contributed by atoms with Crippen molar-refractivity contribution in [1.82, 2.24) is 0 Å². The lowest BCUT2D eigenvalue weighted by molar-refractivity contribution is 0.00992. The second-order valence-electron chi connectivity index (χ2n) is 7.16. The van der Waals surface area contributed by atoms with Crippen LogP contribution in [-0.2, 0) is 4.43 Å². The van der Waals surface area contributed by atoms with E-state index < -0.39 is 20.5 Å². The second-order valence-corrected chi connectivity index (χ2v) is 11.9. The molecule has 0 fully saturated rings. The average molecular weight is 291 g/mol. The van der Waals surface area contributed by atoms with Gasteiger partial charge in [0.05, 0.1) is 12.2 Å². The molecule has 0 heterocycles. The molecule has 3 nitrogen and oxygen atoms in total. The maximum atomic E-state index is 9.71. The van der Waals surface area contributed by atoms with Gasteiger partial charge in [-0.15, -0.1) is 0 Å². The molecule has 0 aromatic carbocycles. The first kappa shape index (κ1) is 19.1. The van der Waals surface area contributed by atoms with Gasteiger partial charge in [0.15, 0.2) is 8.32 Å². The maximum absolute atomic E-state index is 9.71. The zero-order valence-electron chi connectivity index (χ0n) is 13.9. The molecule has 0 radical (unpaired) electrons. The topological polar surface area (TPSA) is 49.7 Å². The molecule has 0 rings (SSSR count). The smallest absolute Gasteiger partial charge is 0.192 e. The van der Waals surface area contributed by atoms with Gasteiger partial charge in [-0.3, -0.25) is 0 Å². The van der Waals surface area contributed by atoms with Crippen molar-refractivity contribution in [2.45, 2.75) is 96.7 Å². The third-order valence-electron chi connectivity index (χ3n) is 4.27. The summed E-state index contributed by atoms with van der Waals surface area (Å²) in [5, 5.41) is 19.5. The van der Waals surface area contributed by atoms with E-state index in [9.17, 15) is 10.2 Å². The largest absolute Gasteiger partial charge is 0.414 e. The van der Waals surface area contributed by atoms with Crippen LogP contribution in [0.1, 0.15) is 60.3 Å². The molecule has 19 heavy (non-hydrogen) atoms. The Morgan fingerprint density at radius 2 is 1.58 bits per heavy atom. The Labute approximate surface area is 120 Å². The molecule has 0 aromatic rings. The van der Waals surface area contributed by atoms with Gasteiger partial charge < -0.3 is 14.6 Å². The summed E-state index contributed by atoms with van der Waals surface area (Å²) < 4.78 is 6.27. The highest BCUT2D eigenvalue weighted by molar-refractivity contribution is 6.74. The Morgan fingerprint density at radius 3 is 2.00 bits per heavy atom. The summed E-state index contributed by atoms with van der Waals surface area (Å²) in [7, 11) is -1.69. The Hall–Kier alpha value is 0.0969. The summed E-state index contributed by atoms with van der Waals surface area (Å²) in [5.74, 6) is 0. The van der Waals surface area contributed by atoms with Crippen molar-refractivity contribution < 1.29 is 14.6 Å². The van der Waals surface area contributed by atoms with Gasteiger partial charge in [-0.2, -0.15) is 0 Å². The molecule has 0 aromatic heterocycles. The van der Waals surface area contributed by atoms with E-state index in [1.54, 1.807) is 0 Å². The molecule has 116 valence electrons. The van der Waals surface area contributed by atoms with Gasteiger partial charge in [0.1, 0.15) is 0 Å². The zero-order chi connectivity index (χ0) is 15.3. The fraction of sp³-hybridized carbons (Fsp3) is 1.00. The van der Waals surface area contributed by atoms with Crippen LogP contribution < -0.4 is 0 Å². The van der Waals surface area contributed by atoms with Gasteiger partial charge >= 0.3 is 0 Å². The molecule has 0 saturated heterocycles. The standard InChI is InChI=1S/C15H34O3Si/c1-8-13(16)14(17)11-9-10-12(2)18-19(6,7)15(3,4)5/h12-14,16-17H,8-11H2,1-7H3/t12-,13-,14-/m1/s1. The second kappa shape index (κ2) is 7.77. The lowest BCUT2D eigenvalue weighted by atomic mass is 10.0. The number of rotatable bonds is 8. The lowest BCUT2D eigenvalue weighted by Gasteiger charge is -2.38. The zero-order valence-corrected chi connectivity index (χ0v) is 14.9. The van der Waals surface area contributed by atoms with E-state index in [0.717, 1.165) is 12.8 Å². The van der Waals surface area contributed by atoms with Crippen LogP contribution in [0.4, 0.5) is 0 Å². The van der Waals surface area contributed by atoms with Crippen molar-refractivity contribution in [3.8, 4) is 0 Å². The Kier molecular flexibility index (Phi) is 7.81. The number of hydrogen-bond donors (Lipinski definition) is 2. The summed E-state index contributed by atoms with van der Waals surface area (Å²) in [6.45, 7) is 15.3. The van der Waals surface area contributed by atoms with E-state index in [0.29, 0.717) is 12.8 Å². The van der Waals surface area contributed by atoms with Gasteiger partial charge in [0.2, 0.25) is 0 Å². The van der Waals surface area contributed by atoms with Crippen LogP contribution in [0.3, 0.4) is 0 Å². The van der Waals surface area contributed by atoms with Gasteiger partial charge in [-0.25, -0.2) is 0 Å². The summed E-state index contributed by atoms with van der Waals surface area (Å²) in [6, 6.07) is 0. The van der Waals surface area contributed by atoms with Gasteiger partial charge in [0, 0.05) is 6.10 Å². The highest BCUT2D eigenvalue weighted by Gasteiger charge is 2.38. The molecule has 0 aliphatic rings. The normalized spacial score (nSPS) is 18.2. The predicted octanol–water partition coefficient (Wildman–Crippen LogP) is 3.70. The average Bonchev–Trinajstić information content (AvgIpc) is 2.25. The Bertz CT molecular complexity index is 248. The number of hydrogen-bond acceptors (Lipinski definition) is 3. The van der Waals surface area contributed by atoms with Crippen molar-refractivity contribution in [3.63, 3.8) is 0 Å². The van der Waals surface area contributed by atoms with Gasteiger partial charge in [-0.1, -0.05) is 27.7 Å². The summed E-state index contributed by atoms with van der Waals surface area (Å²) in [4.78, 5) is 0. The van der Waals surface area contributed by atoms with Gasteiger partial charge in [0.25, 0.3) is 0 Å². The first-order chi connectivity index (χ1) is 8.51. The van der Waals surface area contributed by atoms with E-state index in [1.807, 2.05) is 6.92 Å². The fourth-order valence-electron chi connectivity index (χ4n) is 1.82. The molecule has 0 aliphatic heterocycles. The van der Waals surface area contributed by atoms with Crippen LogP contribution in [0.5, 0.6) is 0 Å².